The van der Waals surface area contributed by atoms with Crippen LogP contribution in [0.25, 0.3) is 0 Å². The van der Waals surface area contributed by atoms with Crippen molar-refractivity contribution in [2.24, 2.45) is 7.05 Å². The number of hydrogen-bond acceptors (Lipinski definition) is 4. The van der Waals surface area contributed by atoms with Gasteiger partial charge in [-0.2, -0.15) is 5.10 Å². The van der Waals surface area contributed by atoms with E-state index in [1.165, 1.54) is 0 Å². The molecule has 2 aromatic rings. The van der Waals surface area contributed by atoms with E-state index in [0.29, 0.717) is 12.3 Å². The molecular formula is C14H22N4O2. The van der Waals surface area contributed by atoms with Crippen LogP contribution in [0.1, 0.15) is 36.5 Å². The van der Waals surface area contributed by atoms with Gasteiger partial charge in [-0.25, -0.2) is 9.67 Å². The summed E-state index contributed by atoms with van der Waals surface area (Å²) in [7, 11) is 3.39. The third-order valence-electron chi connectivity index (χ3n) is 3.38. The van der Waals surface area contributed by atoms with Gasteiger partial charge in [0.05, 0.1) is 24.5 Å². The molecule has 0 fully saturated rings. The van der Waals surface area contributed by atoms with Gasteiger partial charge >= 0.3 is 0 Å². The van der Waals surface area contributed by atoms with Gasteiger partial charge in [0, 0.05) is 32.4 Å². The molecular weight excluding hydrogens is 256 g/mol. The van der Waals surface area contributed by atoms with Crippen molar-refractivity contribution in [3.05, 3.63) is 29.5 Å². The average Bonchev–Trinajstić information content (AvgIpc) is 2.94. The summed E-state index contributed by atoms with van der Waals surface area (Å²) in [6.45, 7) is 4.90. The van der Waals surface area contributed by atoms with Gasteiger partial charge in [-0.1, -0.05) is 6.92 Å². The van der Waals surface area contributed by atoms with Crippen LogP contribution in [0.3, 0.4) is 0 Å². The molecule has 6 nitrogen and oxygen atoms in total. The Labute approximate surface area is 119 Å². The molecule has 110 valence electrons. The van der Waals surface area contributed by atoms with Crippen LogP contribution in [0.4, 0.5) is 0 Å². The topological polar surface area (TPSA) is 65.1 Å². The number of hydrogen-bond donors (Lipinski definition) is 1. The highest BCUT2D eigenvalue weighted by atomic mass is 16.5. The maximum absolute atomic E-state index is 10.5. The molecule has 2 heterocycles. The quantitative estimate of drug-likeness (QED) is 0.872. The van der Waals surface area contributed by atoms with E-state index in [2.05, 4.69) is 21.6 Å². The first-order valence-electron chi connectivity index (χ1n) is 6.84. The lowest BCUT2D eigenvalue weighted by Crippen LogP contribution is -2.10. The number of aliphatic hydroxyl groups is 1. The molecule has 0 aliphatic carbocycles. The number of ether oxygens (including phenoxy) is 1. The lowest BCUT2D eigenvalue weighted by molar-refractivity contribution is 0.168. The number of methoxy groups -OCH3 is 1. The number of aryl methyl sites for hydroxylation is 3. The molecule has 2 rings (SSSR count). The molecule has 2 aromatic heterocycles. The molecule has 0 radical (unpaired) electrons. The number of rotatable bonds is 6. The van der Waals surface area contributed by atoms with Crippen molar-refractivity contribution in [1.29, 1.82) is 0 Å². The summed E-state index contributed by atoms with van der Waals surface area (Å²) in [4.78, 5) is 4.33. The van der Waals surface area contributed by atoms with Crippen molar-refractivity contribution in [3.63, 3.8) is 0 Å². The third-order valence-corrected chi connectivity index (χ3v) is 3.38. The molecule has 0 saturated heterocycles. The van der Waals surface area contributed by atoms with Gasteiger partial charge in [0.15, 0.2) is 0 Å². The summed E-state index contributed by atoms with van der Waals surface area (Å²) in [5.74, 6) is 1.48. The van der Waals surface area contributed by atoms with Crippen LogP contribution in [0.5, 0.6) is 5.88 Å². The largest absolute Gasteiger partial charge is 0.481 e. The summed E-state index contributed by atoms with van der Waals surface area (Å²) < 4.78 is 9.04. The van der Waals surface area contributed by atoms with E-state index in [-0.39, 0.29) is 0 Å². The smallest absolute Gasteiger partial charge is 0.217 e. The van der Waals surface area contributed by atoms with E-state index in [9.17, 15) is 5.11 Å². The van der Waals surface area contributed by atoms with Gasteiger partial charge in [0.25, 0.3) is 0 Å². The van der Waals surface area contributed by atoms with E-state index in [1.54, 1.807) is 25.0 Å². The average molecular weight is 278 g/mol. The number of nitrogens with zero attached hydrogens (tertiary/aromatic N) is 4. The molecule has 0 saturated carbocycles. The Morgan fingerprint density at radius 3 is 2.85 bits per heavy atom. The van der Waals surface area contributed by atoms with Gasteiger partial charge < -0.3 is 14.4 Å². The summed E-state index contributed by atoms with van der Waals surface area (Å²) in [5.41, 5.74) is 1.52. The molecule has 1 atom stereocenters. The lowest BCUT2D eigenvalue weighted by atomic mass is 10.1. The summed E-state index contributed by atoms with van der Waals surface area (Å²) in [6.07, 6.45) is 4.53. The molecule has 20 heavy (non-hydrogen) atoms. The second-order valence-electron chi connectivity index (χ2n) is 4.89. The number of aliphatic hydroxyl groups excluding tert-OH is 1. The maximum Gasteiger partial charge on any atom is 0.217 e. The first-order chi connectivity index (χ1) is 9.58. The summed E-state index contributed by atoms with van der Waals surface area (Å²) in [6, 6.07) is 0. The van der Waals surface area contributed by atoms with Crippen LogP contribution in [0.15, 0.2) is 12.4 Å². The van der Waals surface area contributed by atoms with E-state index < -0.39 is 6.10 Å². The van der Waals surface area contributed by atoms with E-state index in [0.717, 1.165) is 30.0 Å². The number of imidazole rings is 1. The minimum absolute atomic E-state index is 0.454. The molecule has 0 amide bonds. The molecule has 0 bridgehead atoms. The van der Waals surface area contributed by atoms with Crippen molar-refractivity contribution in [1.82, 2.24) is 19.3 Å². The zero-order valence-electron chi connectivity index (χ0n) is 12.5. The van der Waals surface area contributed by atoms with Crippen LogP contribution < -0.4 is 4.74 Å². The van der Waals surface area contributed by atoms with E-state index >= 15 is 0 Å². The SMILES string of the molecule is CCCn1ccnc1CC(O)c1c(C)nn(C)c1OC. The molecule has 0 spiro atoms. The van der Waals surface area contributed by atoms with Crippen LogP contribution in [0.2, 0.25) is 0 Å². The van der Waals surface area contributed by atoms with E-state index in [4.69, 9.17) is 4.74 Å². The van der Waals surface area contributed by atoms with Crippen LogP contribution in [-0.4, -0.2) is 31.5 Å². The Bertz CT molecular complexity index is 574. The lowest BCUT2D eigenvalue weighted by Gasteiger charge is -2.13. The highest BCUT2D eigenvalue weighted by molar-refractivity contribution is 5.33. The first-order valence-corrected chi connectivity index (χ1v) is 6.84. The van der Waals surface area contributed by atoms with Crippen molar-refractivity contribution < 1.29 is 9.84 Å². The first kappa shape index (κ1) is 14.6. The van der Waals surface area contributed by atoms with Crippen LogP contribution >= 0.6 is 0 Å². The van der Waals surface area contributed by atoms with Gasteiger partial charge in [-0.15, -0.1) is 0 Å². The minimum atomic E-state index is -0.670. The van der Waals surface area contributed by atoms with Crippen molar-refractivity contribution in [2.45, 2.75) is 39.3 Å². The Hall–Kier alpha value is -1.82. The zero-order valence-corrected chi connectivity index (χ0v) is 12.5. The Balaban J connectivity index is 2.24. The molecule has 0 aromatic carbocycles. The highest BCUT2D eigenvalue weighted by Gasteiger charge is 2.23. The van der Waals surface area contributed by atoms with Gasteiger partial charge in [0.1, 0.15) is 5.82 Å². The van der Waals surface area contributed by atoms with E-state index in [1.807, 2.05) is 13.1 Å². The molecule has 0 aliphatic rings. The Morgan fingerprint density at radius 1 is 1.45 bits per heavy atom. The predicted molar refractivity (Wildman–Crippen MR) is 75.7 cm³/mol. The molecule has 1 N–H and O–H groups in total. The second-order valence-corrected chi connectivity index (χ2v) is 4.89. The normalized spacial score (nSPS) is 12.7. The third kappa shape index (κ3) is 2.70. The fourth-order valence-electron chi connectivity index (χ4n) is 2.53. The standard InChI is InChI=1S/C14H22N4O2/c1-5-7-18-8-6-15-12(18)9-11(19)13-10(2)16-17(3)14(13)20-4/h6,8,11,19H,5,7,9H2,1-4H3. The Kier molecular flexibility index (Phi) is 4.44. The number of aromatic nitrogens is 4. The predicted octanol–water partition coefficient (Wildman–Crippen LogP) is 1.62. The highest BCUT2D eigenvalue weighted by Crippen LogP contribution is 2.29. The van der Waals surface area contributed by atoms with Crippen LogP contribution in [0, 0.1) is 6.92 Å². The van der Waals surface area contributed by atoms with Crippen molar-refractivity contribution >= 4 is 0 Å². The van der Waals surface area contributed by atoms with Crippen molar-refractivity contribution in [3.8, 4) is 5.88 Å². The summed E-state index contributed by atoms with van der Waals surface area (Å²) >= 11 is 0. The molecule has 0 aliphatic heterocycles. The monoisotopic (exact) mass is 278 g/mol. The Morgan fingerprint density at radius 2 is 2.20 bits per heavy atom. The maximum atomic E-state index is 10.5. The minimum Gasteiger partial charge on any atom is -0.481 e. The van der Waals surface area contributed by atoms with Gasteiger partial charge in [-0.05, 0) is 13.3 Å². The fourth-order valence-corrected chi connectivity index (χ4v) is 2.53. The van der Waals surface area contributed by atoms with Crippen LogP contribution in [-0.2, 0) is 20.0 Å². The summed E-state index contributed by atoms with van der Waals surface area (Å²) in [5, 5.41) is 14.8. The fraction of sp³-hybridized carbons (Fsp3) is 0.571. The zero-order chi connectivity index (χ0) is 14.7. The molecule has 6 heteroatoms. The van der Waals surface area contributed by atoms with Gasteiger partial charge in [-0.3, -0.25) is 0 Å². The van der Waals surface area contributed by atoms with Gasteiger partial charge in [0.2, 0.25) is 5.88 Å². The van der Waals surface area contributed by atoms with Crippen molar-refractivity contribution in [2.75, 3.05) is 7.11 Å². The molecule has 1 unspecified atom stereocenters. The second kappa shape index (κ2) is 6.09.